The van der Waals surface area contributed by atoms with Crippen LogP contribution in [0.4, 0.5) is 22.7 Å². The van der Waals surface area contributed by atoms with E-state index in [2.05, 4.69) is 15.8 Å². The minimum atomic E-state index is -0.729. The van der Waals surface area contributed by atoms with Crippen LogP contribution < -0.4 is 15.5 Å². The first-order valence-electron chi connectivity index (χ1n) is 10.0. The van der Waals surface area contributed by atoms with Gasteiger partial charge in [-0.3, -0.25) is 30.4 Å². The summed E-state index contributed by atoms with van der Waals surface area (Å²) >= 11 is 0. The molecule has 174 valence electrons. The number of hydrogen-bond acceptors (Lipinski definition) is 8. The van der Waals surface area contributed by atoms with Crippen LogP contribution in [0.2, 0.25) is 0 Å². The molecule has 0 fully saturated rings. The molecule has 0 atom stereocenters. The predicted octanol–water partition coefficient (Wildman–Crippen LogP) is 4.58. The van der Waals surface area contributed by atoms with Crippen LogP contribution in [0, 0.1) is 34.1 Å². The number of hydrazone groups is 1. The van der Waals surface area contributed by atoms with Crippen molar-refractivity contribution in [1.82, 2.24) is 0 Å². The molecule has 3 aromatic rings. The van der Waals surface area contributed by atoms with Crippen molar-refractivity contribution in [1.29, 1.82) is 0 Å². The summed E-state index contributed by atoms with van der Waals surface area (Å²) in [6.45, 7) is 3.80. The highest BCUT2D eigenvalue weighted by Crippen LogP contribution is 2.28. The standard InChI is InChI=1S/C23H21N5O6/c1-15-3-6-18(11-16(15)2)25-23(29)14-34-20-8-4-17(5-9-20)13-24-26-21-10-7-19(27(30)31)12-22(21)28(32)33/h3-13,26H,14H2,1-2H3,(H,25,29)/b24-13-. The van der Waals surface area contributed by atoms with Gasteiger partial charge in [-0.2, -0.15) is 5.10 Å². The molecule has 0 aliphatic carbocycles. The van der Waals surface area contributed by atoms with E-state index in [1.807, 2.05) is 32.0 Å². The third kappa shape index (κ3) is 6.36. The first kappa shape index (κ1) is 23.9. The summed E-state index contributed by atoms with van der Waals surface area (Å²) in [5.41, 5.74) is 5.25. The molecule has 11 heteroatoms. The van der Waals surface area contributed by atoms with Gasteiger partial charge in [0.2, 0.25) is 0 Å². The topological polar surface area (TPSA) is 149 Å². The van der Waals surface area contributed by atoms with E-state index in [-0.39, 0.29) is 23.9 Å². The van der Waals surface area contributed by atoms with Crippen molar-refractivity contribution in [3.8, 4) is 5.75 Å². The van der Waals surface area contributed by atoms with Gasteiger partial charge in [-0.15, -0.1) is 0 Å². The van der Waals surface area contributed by atoms with Gasteiger partial charge >= 0.3 is 5.69 Å². The summed E-state index contributed by atoms with van der Waals surface area (Å²) < 4.78 is 5.49. The van der Waals surface area contributed by atoms with Crippen LogP contribution in [0.5, 0.6) is 5.75 Å². The van der Waals surface area contributed by atoms with Crippen LogP contribution in [0.3, 0.4) is 0 Å². The number of non-ortho nitro benzene ring substituents is 1. The number of nitrogens with zero attached hydrogens (tertiary/aromatic N) is 3. The Balaban J connectivity index is 1.54. The maximum Gasteiger partial charge on any atom is 0.301 e. The molecule has 0 saturated heterocycles. The quantitative estimate of drug-likeness (QED) is 0.268. The molecule has 11 nitrogen and oxygen atoms in total. The Morgan fingerprint density at radius 2 is 1.71 bits per heavy atom. The van der Waals surface area contributed by atoms with Crippen LogP contribution in [0.15, 0.2) is 65.8 Å². The Kier molecular flexibility index (Phi) is 7.49. The van der Waals surface area contributed by atoms with Crippen molar-refractivity contribution < 1.29 is 19.4 Å². The van der Waals surface area contributed by atoms with Gasteiger partial charge in [0.05, 0.1) is 22.1 Å². The zero-order chi connectivity index (χ0) is 24.7. The molecule has 2 N–H and O–H groups in total. The molecule has 34 heavy (non-hydrogen) atoms. The molecule has 0 radical (unpaired) electrons. The number of rotatable bonds is 9. The lowest BCUT2D eigenvalue weighted by atomic mass is 10.1. The average Bonchev–Trinajstić information content (AvgIpc) is 2.81. The number of ether oxygens (including phenoxy) is 1. The zero-order valence-corrected chi connectivity index (χ0v) is 18.3. The second kappa shape index (κ2) is 10.7. The normalized spacial score (nSPS) is 10.6. The SMILES string of the molecule is Cc1ccc(NC(=O)COc2ccc(/C=N\Nc3ccc([N+](=O)[O-])cc3[N+](=O)[O-])cc2)cc1C. The Labute approximate surface area is 194 Å². The number of nitro benzene ring substituents is 2. The van der Waals surface area contributed by atoms with Gasteiger partial charge in [0.1, 0.15) is 11.4 Å². The van der Waals surface area contributed by atoms with Gasteiger partial charge in [0, 0.05) is 11.8 Å². The van der Waals surface area contributed by atoms with E-state index in [0.717, 1.165) is 23.3 Å². The maximum absolute atomic E-state index is 12.1. The molecule has 1 amide bonds. The van der Waals surface area contributed by atoms with E-state index in [0.29, 0.717) is 17.0 Å². The summed E-state index contributed by atoms with van der Waals surface area (Å²) in [4.78, 5) is 32.6. The number of carbonyl (C=O) groups is 1. The monoisotopic (exact) mass is 463 g/mol. The van der Waals surface area contributed by atoms with Crippen molar-refractivity contribution >= 4 is 34.9 Å². The van der Waals surface area contributed by atoms with Crippen LogP contribution in [0.25, 0.3) is 0 Å². The number of aryl methyl sites for hydroxylation is 2. The summed E-state index contributed by atoms with van der Waals surface area (Å²) in [6, 6.07) is 15.5. The molecule has 0 heterocycles. The van der Waals surface area contributed by atoms with Crippen LogP contribution >= 0.6 is 0 Å². The van der Waals surface area contributed by atoms with E-state index < -0.39 is 15.5 Å². The van der Waals surface area contributed by atoms with Gasteiger partial charge in [-0.1, -0.05) is 6.07 Å². The van der Waals surface area contributed by atoms with Gasteiger partial charge in [0.25, 0.3) is 11.6 Å². The smallest absolute Gasteiger partial charge is 0.301 e. The molecule has 0 aromatic heterocycles. The van der Waals surface area contributed by atoms with Crippen LogP contribution in [0.1, 0.15) is 16.7 Å². The minimum absolute atomic E-state index is 0.0154. The van der Waals surface area contributed by atoms with Crippen molar-refractivity contribution in [2.75, 3.05) is 17.3 Å². The number of nitro groups is 2. The maximum atomic E-state index is 12.1. The van der Waals surface area contributed by atoms with E-state index in [1.165, 1.54) is 12.3 Å². The summed E-state index contributed by atoms with van der Waals surface area (Å²) in [6.07, 6.45) is 1.42. The summed E-state index contributed by atoms with van der Waals surface area (Å²) in [7, 11) is 0. The van der Waals surface area contributed by atoms with Gasteiger partial charge in [0.15, 0.2) is 6.61 Å². The summed E-state index contributed by atoms with van der Waals surface area (Å²) in [5.74, 6) is 0.189. The lowest BCUT2D eigenvalue weighted by molar-refractivity contribution is -0.393. The molecule has 0 spiro atoms. The van der Waals surface area contributed by atoms with E-state index in [1.54, 1.807) is 24.3 Å². The van der Waals surface area contributed by atoms with Crippen molar-refractivity contribution in [3.63, 3.8) is 0 Å². The highest BCUT2D eigenvalue weighted by atomic mass is 16.6. The fourth-order valence-electron chi connectivity index (χ4n) is 2.87. The van der Waals surface area contributed by atoms with Gasteiger partial charge in [-0.05, 0) is 73.0 Å². The lowest BCUT2D eigenvalue weighted by Crippen LogP contribution is -2.20. The molecule has 0 bridgehead atoms. The van der Waals surface area contributed by atoms with Crippen molar-refractivity contribution in [3.05, 3.63) is 97.6 Å². The van der Waals surface area contributed by atoms with Gasteiger partial charge < -0.3 is 10.1 Å². The van der Waals surface area contributed by atoms with E-state index in [9.17, 15) is 25.0 Å². The Hall–Kier alpha value is -4.80. The second-order valence-electron chi connectivity index (χ2n) is 7.29. The Morgan fingerprint density at radius 3 is 2.35 bits per heavy atom. The fourth-order valence-corrected chi connectivity index (χ4v) is 2.87. The first-order valence-corrected chi connectivity index (χ1v) is 10.0. The number of carbonyl (C=O) groups excluding carboxylic acids is 1. The molecular formula is C23H21N5O6. The van der Waals surface area contributed by atoms with Crippen molar-refractivity contribution in [2.24, 2.45) is 5.10 Å². The Bertz CT molecular complexity index is 1260. The van der Waals surface area contributed by atoms with Crippen LogP contribution in [-0.4, -0.2) is 28.6 Å². The molecule has 3 rings (SSSR count). The fraction of sp³-hybridized carbons (Fsp3) is 0.130. The lowest BCUT2D eigenvalue weighted by Gasteiger charge is -2.09. The number of amides is 1. The summed E-state index contributed by atoms with van der Waals surface area (Å²) in [5, 5.41) is 28.7. The molecule has 0 unspecified atom stereocenters. The predicted molar refractivity (Wildman–Crippen MR) is 127 cm³/mol. The molecular weight excluding hydrogens is 442 g/mol. The van der Waals surface area contributed by atoms with E-state index in [4.69, 9.17) is 4.74 Å². The first-order chi connectivity index (χ1) is 16.2. The van der Waals surface area contributed by atoms with Gasteiger partial charge in [-0.25, -0.2) is 0 Å². The molecule has 0 aliphatic heterocycles. The van der Waals surface area contributed by atoms with E-state index >= 15 is 0 Å². The highest BCUT2D eigenvalue weighted by molar-refractivity contribution is 5.92. The highest BCUT2D eigenvalue weighted by Gasteiger charge is 2.19. The number of nitrogens with one attached hydrogen (secondary N) is 2. The average molecular weight is 463 g/mol. The minimum Gasteiger partial charge on any atom is -0.484 e. The molecule has 0 aliphatic rings. The zero-order valence-electron chi connectivity index (χ0n) is 18.3. The Morgan fingerprint density at radius 1 is 0.971 bits per heavy atom. The third-order valence-electron chi connectivity index (χ3n) is 4.83. The number of benzene rings is 3. The number of anilines is 2. The second-order valence-corrected chi connectivity index (χ2v) is 7.29. The van der Waals surface area contributed by atoms with Crippen LogP contribution in [-0.2, 0) is 4.79 Å². The molecule has 0 saturated carbocycles. The largest absolute Gasteiger partial charge is 0.484 e. The molecule has 3 aromatic carbocycles. The number of hydrogen-bond donors (Lipinski definition) is 2. The third-order valence-corrected chi connectivity index (χ3v) is 4.83. The van der Waals surface area contributed by atoms with Crippen molar-refractivity contribution in [2.45, 2.75) is 13.8 Å².